The number of nitrogens with zero attached hydrogens (tertiary/aromatic N) is 2. The number of nitrogens with one attached hydrogen (secondary N) is 2. The Hall–Kier alpha value is -2.92. The maximum Gasteiger partial charge on any atom is 0.285 e. The Kier molecular flexibility index (Phi) is 5.02. The number of hydrogen-bond acceptors (Lipinski definition) is 6. The van der Waals surface area contributed by atoms with Crippen LogP contribution in [0.25, 0.3) is 0 Å². The lowest BCUT2D eigenvalue weighted by Crippen LogP contribution is -2.43. The number of amidine groups is 1. The second-order valence-electron chi connectivity index (χ2n) is 7.18. The van der Waals surface area contributed by atoms with Gasteiger partial charge in [-0.2, -0.15) is 8.42 Å². The van der Waals surface area contributed by atoms with Crippen LogP contribution in [0, 0.1) is 0 Å². The summed E-state index contributed by atoms with van der Waals surface area (Å²) < 4.78 is 53.6. The molecule has 0 saturated carbocycles. The number of anilines is 2. The van der Waals surface area contributed by atoms with Gasteiger partial charge in [-0.05, 0) is 49.2 Å². The molecule has 4 rings (SSSR count). The molecule has 9 nitrogen and oxygen atoms in total. The molecule has 2 aliphatic rings. The molecule has 30 heavy (non-hydrogen) atoms. The number of carbonyl (C=O) groups excluding carboxylic acids is 1. The van der Waals surface area contributed by atoms with Gasteiger partial charge in [0.1, 0.15) is 10.9 Å². The molecule has 2 aromatic carbocycles. The maximum absolute atomic E-state index is 12.9. The van der Waals surface area contributed by atoms with Gasteiger partial charge >= 0.3 is 0 Å². The maximum atomic E-state index is 12.9. The van der Waals surface area contributed by atoms with E-state index in [0.717, 1.165) is 12.7 Å². The minimum absolute atomic E-state index is 0.153. The third kappa shape index (κ3) is 4.03. The van der Waals surface area contributed by atoms with Crippen LogP contribution in [0.3, 0.4) is 0 Å². The molecule has 0 radical (unpaired) electrons. The van der Waals surface area contributed by atoms with E-state index in [4.69, 9.17) is 0 Å². The molecule has 11 heteroatoms. The fourth-order valence-electron chi connectivity index (χ4n) is 3.65. The van der Waals surface area contributed by atoms with E-state index in [1.165, 1.54) is 6.07 Å². The van der Waals surface area contributed by atoms with E-state index in [0.29, 0.717) is 35.7 Å². The fraction of sp³-hybridized carbons (Fsp3) is 0.263. The summed E-state index contributed by atoms with van der Waals surface area (Å²) in [5.74, 6) is 0.0248. The molecular weight excluding hydrogens is 428 g/mol. The van der Waals surface area contributed by atoms with Crippen molar-refractivity contribution in [1.82, 2.24) is 4.90 Å². The van der Waals surface area contributed by atoms with Crippen molar-refractivity contribution in [2.24, 2.45) is 4.40 Å². The number of sulfonamides is 2. The summed E-state index contributed by atoms with van der Waals surface area (Å²) in [6, 6.07) is 12.3. The van der Waals surface area contributed by atoms with Crippen LogP contribution < -0.4 is 10.0 Å². The van der Waals surface area contributed by atoms with Gasteiger partial charge in [0, 0.05) is 23.5 Å². The van der Waals surface area contributed by atoms with Crippen LogP contribution in [0.2, 0.25) is 0 Å². The third-order valence-electron chi connectivity index (χ3n) is 4.90. The lowest BCUT2D eigenvalue weighted by molar-refractivity contribution is -0.119. The van der Waals surface area contributed by atoms with E-state index < -0.39 is 26.1 Å². The number of likely N-dealkylation sites (tertiary alicyclic amines) is 1. The zero-order valence-corrected chi connectivity index (χ0v) is 17.7. The van der Waals surface area contributed by atoms with Crippen LogP contribution in [0.4, 0.5) is 11.4 Å². The van der Waals surface area contributed by atoms with Crippen LogP contribution in [-0.2, 0) is 24.8 Å². The predicted octanol–water partition coefficient (Wildman–Crippen LogP) is 1.61. The van der Waals surface area contributed by atoms with Crippen molar-refractivity contribution in [3.8, 4) is 0 Å². The highest BCUT2D eigenvalue weighted by Crippen LogP contribution is 2.31. The first-order valence-corrected chi connectivity index (χ1v) is 12.6. The van der Waals surface area contributed by atoms with E-state index in [2.05, 4.69) is 14.4 Å². The summed E-state index contributed by atoms with van der Waals surface area (Å²) in [6.45, 7) is 0.526. The largest absolute Gasteiger partial charge is 0.343 e. The van der Waals surface area contributed by atoms with E-state index >= 15 is 0 Å². The number of carbonyl (C=O) groups is 1. The molecule has 2 aromatic rings. The first-order chi connectivity index (χ1) is 14.1. The van der Waals surface area contributed by atoms with Crippen LogP contribution in [0.1, 0.15) is 18.4 Å². The van der Waals surface area contributed by atoms with Gasteiger partial charge in [0.2, 0.25) is 15.9 Å². The summed E-state index contributed by atoms with van der Waals surface area (Å²) in [7, 11) is -7.14. The molecule has 0 bridgehead atoms. The molecule has 1 saturated heterocycles. The topological polar surface area (TPSA) is 125 Å². The van der Waals surface area contributed by atoms with Crippen LogP contribution >= 0.6 is 0 Å². The molecule has 0 aromatic heterocycles. The number of amides is 1. The number of fused-ring (bicyclic) bond motifs is 1. The number of rotatable bonds is 4. The van der Waals surface area contributed by atoms with Crippen LogP contribution in [0.15, 0.2) is 57.8 Å². The van der Waals surface area contributed by atoms with E-state index in [1.54, 1.807) is 47.4 Å². The van der Waals surface area contributed by atoms with Crippen molar-refractivity contribution in [3.05, 3.63) is 54.1 Å². The Morgan fingerprint density at radius 1 is 1.10 bits per heavy atom. The van der Waals surface area contributed by atoms with Crippen molar-refractivity contribution >= 4 is 43.2 Å². The number of hydrogen-bond donors (Lipinski definition) is 2. The molecule has 158 valence electrons. The van der Waals surface area contributed by atoms with Crippen LogP contribution in [-0.4, -0.2) is 52.3 Å². The SMILES string of the molecule is CS(=O)(=O)Nc1ccc(NC(=O)[C@@H]2CCCN2C2=NS(=O)(=O)c3ccccc32)cc1. The van der Waals surface area contributed by atoms with E-state index in [9.17, 15) is 21.6 Å². The normalized spacial score (nSPS) is 19.8. The van der Waals surface area contributed by atoms with Crippen molar-refractivity contribution in [3.63, 3.8) is 0 Å². The van der Waals surface area contributed by atoms with Crippen LogP contribution in [0.5, 0.6) is 0 Å². The molecule has 2 aliphatic heterocycles. The van der Waals surface area contributed by atoms with Gasteiger partial charge in [0.05, 0.1) is 6.26 Å². The summed E-state index contributed by atoms with van der Waals surface area (Å²) in [6.07, 6.45) is 2.36. The Bertz CT molecular complexity index is 1240. The quantitative estimate of drug-likeness (QED) is 0.732. The first kappa shape index (κ1) is 20.4. The third-order valence-corrected chi connectivity index (χ3v) is 6.83. The molecule has 1 atom stereocenters. The predicted molar refractivity (Wildman–Crippen MR) is 113 cm³/mol. The summed E-state index contributed by atoms with van der Waals surface area (Å²) in [4.78, 5) is 14.8. The second kappa shape index (κ2) is 7.40. The minimum Gasteiger partial charge on any atom is -0.343 e. The second-order valence-corrected chi connectivity index (χ2v) is 10.5. The van der Waals surface area contributed by atoms with Crippen molar-refractivity contribution < 1.29 is 21.6 Å². The molecule has 2 N–H and O–H groups in total. The summed E-state index contributed by atoms with van der Waals surface area (Å²) in [5, 5.41) is 2.81. The fourth-order valence-corrected chi connectivity index (χ4v) is 5.43. The molecule has 1 fully saturated rings. The number of benzene rings is 2. The smallest absolute Gasteiger partial charge is 0.285 e. The molecule has 1 amide bonds. The van der Waals surface area contributed by atoms with Gasteiger partial charge in [-0.1, -0.05) is 12.1 Å². The van der Waals surface area contributed by atoms with E-state index in [-0.39, 0.29) is 10.8 Å². The van der Waals surface area contributed by atoms with Gasteiger partial charge in [-0.15, -0.1) is 4.40 Å². The summed E-state index contributed by atoms with van der Waals surface area (Å²) >= 11 is 0. The highest BCUT2D eigenvalue weighted by molar-refractivity contribution is 7.92. The zero-order chi connectivity index (χ0) is 21.5. The Balaban J connectivity index is 1.53. The average molecular weight is 449 g/mol. The molecule has 2 heterocycles. The molecular formula is C19H20N4O5S2. The first-order valence-electron chi connectivity index (χ1n) is 9.24. The Labute approximate surface area is 174 Å². The van der Waals surface area contributed by atoms with Gasteiger partial charge in [-0.3, -0.25) is 9.52 Å². The Morgan fingerprint density at radius 2 is 1.77 bits per heavy atom. The average Bonchev–Trinajstić information content (AvgIpc) is 3.25. The van der Waals surface area contributed by atoms with Crippen molar-refractivity contribution in [2.45, 2.75) is 23.8 Å². The highest BCUT2D eigenvalue weighted by atomic mass is 32.2. The summed E-state index contributed by atoms with van der Waals surface area (Å²) in [5.41, 5.74) is 1.40. The standard InChI is InChI=1S/C19H20N4O5S2/c1-29(25,26)21-14-10-8-13(9-11-14)20-19(24)16-6-4-12-23(16)18-15-5-2-3-7-17(15)30(27,28)22-18/h2-3,5,7-11,16,21H,4,6,12H2,1H3,(H,20,24)/t16-/m0/s1. The van der Waals surface area contributed by atoms with Crippen molar-refractivity contribution in [2.75, 3.05) is 22.8 Å². The lowest BCUT2D eigenvalue weighted by Gasteiger charge is -2.25. The van der Waals surface area contributed by atoms with Crippen molar-refractivity contribution in [1.29, 1.82) is 0 Å². The lowest BCUT2D eigenvalue weighted by atomic mass is 10.1. The Morgan fingerprint density at radius 3 is 2.47 bits per heavy atom. The van der Waals surface area contributed by atoms with E-state index in [1.807, 2.05) is 0 Å². The molecule has 0 unspecified atom stereocenters. The highest BCUT2D eigenvalue weighted by Gasteiger charge is 2.39. The zero-order valence-electron chi connectivity index (χ0n) is 16.1. The monoisotopic (exact) mass is 448 g/mol. The molecule has 0 spiro atoms. The van der Waals surface area contributed by atoms with Gasteiger partial charge in [0.15, 0.2) is 5.84 Å². The minimum atomic E-state index is -3.76. The van der Waals surface area contributed by atoms with Gasteiger partial charge in [0.25, 0.3) is 10.0 Å². The molecule has 0 aliphatic carbocycles. The van der Waals surface area contributed by atoms with Gasteiger partial charge in [-0.25, -0.2) is 8.42 Å². The van der Waals surface area contributed by atoms with Gasteiger partial charge < -0.3 is 10.2 Å².